The SMILES string of the molecule is CNc1nc([C@H]2CCCN2C(=O)c2ccccc2F)cn2cccc12. The Morgan fingerprint density at radius 3 is 2.92 bits per heavy atom. The summed E-state index contributed by atoms with van der Waals surface area (Å²) < 4.78 is 16.0. The molecule has 4 rings (SSSR count). The van der Waals surface area contributed by atoms with Gasteiger partial charge in [0.1, 0.15) is 11.6 Å². The molecule has 1 aliphatic heterocycles. The molecule has 0 spiro atoms. The zero-order valence-electron chi connectivity index (χ0n) is 13.9. The van der Waals surface area contributed by atoms with Gasteiger partial charge in [-0.1, -0.05) is 12.1 Å². The molecule has 3 aromatic rings. The Balaban J connectivity index is 1.72. The Morgan fingerprint density at radius 1 is 1.28 bits per heavy atom. The molecule has 128 valence electrons. The maximum Gasteiger partial charge on any atom is 0.257 e. The van der Waals surface area contributed by atoms with E-state index in [0.29, 0.717) is 6.54 Å². The monoisotopic (exact) mass is 338 g/mol. The van der Waals surface area contributed by atoms with E-state index in [4.69, 9.17) is 4.98 Å². The second-order valence-corrected chi connectivity index (χ2v) is 6.20. The molecule has 1 atom stereocenters. The summed E-state index contributed by atoms with van der Waals surface area (Å²) in [4.78, 5) is 19.3. The Bertz CT molecular complexity index is 936. The number of hydrogen-bond donors (Lipinski definition) is 1. The normalized spacial score (nSPS) is 17.2. The minimum Gasteiger partial charge on any atom is -0.371 e. The maximum absolute atomic E-state index is 14.0. The van der Waals surface area contributed by atoms with Crippen LogP contribution in [0.2, 0.25) is 0 Å². The van der Waals surface area contributed by atoms with Crippen LogP contribution in [0.5, 0.6) is 0 Å². The molecule has 5 nitrogen and oxygen atoms in total. The molecule has 6 heteroatoms. The van der Waals surface area contributed by atoms with Crippen LogP contribution in [0.4, 0.5) is 10.2 Å². The van der Waals surface area contributed by atoms with Crippen LogP contribution in [0.25, 0.3) is 5.52 Å². The first-order chi connectivity index (χ1) is 12.2. The van der Waals surface area contributed by atoms with Gasteiger partial charge in [0.2, 0.25) is 0 Å². The lowest BCUT2D eigenvalue weighted by atomic mass is 10.1. The van der Waals surface area contributed by atoms with E-state index in [0.717, 1.165) is 29.9 Å². The average Bonchev–Trinajstić information content (AvgIpc) is 3.29. The third kappa shape index (κ3) is 2.63. The molecule has 0 aliphatic carbocycles. The second-order valence-electron chi connectivity index (χ2n) is 6.20. The summed E-state index contributed by atoms with van der Waals surface area (Å²) in [6.45, 7) is 0.609. The fourth-order valence-electron chi connectivity index (χ4n) is 3.52. The number of hydrogen-bond acceptors (Lipinski definition) is 3. The Hall–Kier alpha value is -2.89. The van der Waals surface area contributed by atoms with Gasteiger partial charge in [-0.25, -0.2) is 9.37 Å². The highest BCUT2D eigenvalue weighted by atomic mass is 19.1. The van der Waals surface area contributed by atoms with Crippen molar-refractivity contribution in [2.45, 2.75) is 18.9 Å². The topological polar surface area (TPSA) is 49.6 Å². The Labute approximate surface area is 145 Å². The lowest BCUT2D eigenvalue weighted by Gasteiger charge is -2.25. The largest absolute Gasteiger partial charge is 0.371 e. The van der Waals surface area contributed by atoms with E-state index >= 15 is 0 Å². The quantitative estimate of drug-likeness (QED) is 0.795. The van der Waals surface area contributed by atoms with Gasteiger partial charge in [0, 0.05) is 26.0 Å². The summed E-state index contributed by atoms with van der Waals surface area (Å²) in [7, 11) is 1.83. The number of rotatable bonds is 3. The summed E-state index contributed by atoms with van der Waals surface area (Å²) in [5.74, 6) is 0.0107. The number of carbonyl (C=O) groups excluding carboxylic acids is 1. The van der Waals surface area contributed by atoms with Gasteiger partial charge in [-0.3, -0.25) is 4.79 Å². The molecule has 1 amide bonds. The van der Waals surface area contributed by atoms with Crippen LogP contribution in [0, 0.1) is 5.82 Å². The number of benzene rings is 1. The molecule has 1 aromatic carbocycles. The van der Waals surface area contributed by atoms with Crippen LogP contribution >= 0.6 is 0 Å². The zero-order chi connectivity index (χ0) is 17.4. The predicted octanol–water partition coefficient (Wildman–Crippen LogP) is 3.49. The van der Waals surface area contributed by atoms with Crippen molar-refractivity contribution in [1.82, 2.24) is 14.3 Å². The standard InChI is InChI=1S/C19H19FN4O/c1-21-18-17-9-4-10-23(17)12-15(22-18)16-8-5-11-24(16)19(25)13-6-2-3-7-14(13)20/h2-4,6-7,9-10,12,16H,5,8,11H2,1H3,(H,21,22)/t16-/m1/s1. The molecule has 0 unspecified atom stereocenters. The second kappa shape index (κ2) is 6.20. The predicted molar refractivity (Wildman–Crippen MR) is 94.2 cm³/mol. The third-order valence-electron chi connectivity index (χ3n) is 4.73. The summed E-state index contributed by atoms with van der Waals surface area (Å²) in [6.07, 6.45) is 5.61. The van der Waals surface area contributed by atoms with Crippen LogP contribution in [-0.2, 0) is 0 Å². The molecule has 1 aliphatic rings. The fraction of sp³-hybridized carbons (Fsp3) is 0.263. The van der Waals surface area contributed by atoms with Crippen molar-refractivity contribution in [3.63, 3.8) is 0 Å². The first kappa shape index (κ1) is 15.6. The van der Waals surface area contributed by atoms with E-state index in [1.807, 2.05) is 36.0 Å². The zero-order valence-corrected chi connectivity index (χ0v) is 13.9. The number of nitrogens with zero attached hydrogens (tertiary/aromatic N) is 3. The first-order valence-corrected chi connectivity index (χ1v) is 8.40. The van der Waals surface area contributed by atoms with Gasteiger partial charge >= 0.3 is 0 Å². The van der Waals surface area contributed by atoms with Crippen molar-refractivity contribution in [1.29, 1.82) is 0 Å². The molecule has 3 heterocycles. The summed E-state index contributed by atoms with van der Waals surface area (Å²) in [5, 5.41) is 3.11. The molecule has 25 heavy (non-hydrogen) atoms. The first-order valence-electron chi connectivity index (χ1n) is 8.40. The molecule has 1 saturated heterocycles. The van der Waals surface area contributed by atoms with Crippen LogP contribution < -0.4 is 5.32 Å². The van der Waals surface area contributed by atoms with Crippen molar-refractivity contribution < 1.29 is 9.18 Å². The van der Waals surface area contributed by atoms with Crippen molar-refractivity contribution >= 4 is 17.2 Å². The van der Waals surface area contributed by atoms with Gasteiger partial charge in [0.15, 0.2) is 0 Å². The number of aromatic nitrogens is 2. The van der Waals surface area contributed by atoms with Gasteiger partial charge < -0.3 is 14.6 Å². The molecule has 1 N–H and O–H groups in total. The number of carbonyl (C=O) groups is 1. The highest BCUT2D eigenvalue weighted by Crippen LogP contribution is 2.33. The average molecular weight is 338 g/mol. The molecule has 0 bridgehead atoms. The van der Waals surface area contributed by atoms with E-state index in [2.05, 4.69) is 5.32 Å². The molecule has 0 radical (unpaired) electrons. The van der Waals surface area contributed by atoms with E-state index < -0.39 is 5.82 Å². The van der Waals surface area contributed by atoms with Crippen LogP contribution in [-0.4, -0.2) is 33.8 Å². The molecule has 1 fully saturated rings. The lowest BCUT2D eigenvalue weighted by molar-refractivity contribution is 0.0728. The number of halogens is 1. The van der Waals surface area contributed by atoms with Gasteiger partial charge in [0.25, 0.3) is 5.91 Å². The van der Waals surface area contributed by atoms with E-state index in [9.17, 15) is 9.18 Å². The lowest BCUT2D eigenvalue weighted by Crippen LogP contribution is -2.31. The van der Waals surface area contributed by atoms with Crippen molar-refractivity contribution in [3.8, 4) is 0 Å². The summed E-state index contributed by atoms with van der Waals surface area (Å²) >= 11 is 0. The number of anilines is 1. The van der Waals surface area contributed by atoms with Crippen molar-refractivity contribution in [3.05, 3.63) is 65.9 Å². The smallest absolute Gasteiger partial charge is 0.257 e. The van der Waals surface area contributed by atoms with Gasteiger partial charge in [-0.05, 0) is 37.1 Å². The fourth-order valence-corrected chi connectivity index (χ4v) is 3.52. The highest BCUT2D eigenvalue weighted by Gasteiger charge is 2.33. The van der Waals surface area contributed by atoms with Crippen LogP contribution in [0.3, 0.4) is 0 Å². The molecule has 2 aromatic heterocycles. The summed E-state index contributed by atoms with van der Waals surface area (Å²) in [5.41, 5.74) is 1.91. The summed E-state index contributed by atoms with van der Waals surface area (Å²) in [6, 6.07) is 9.93. The Morgan fingerprint density at radius 2 is 2.12 bits per heavy atom. The number of fused-ring (bicyclic) bond motifs is 1. The van der Waals surface area contributed by atoms with E-state index in [1.165, 1.54) is 12.1 Å². The van der Waals surface area contributed by atoms with E-state index in [-0.39, 0.29) is 17.5 Å². The maximum atomic E-state index is 14.0. The van der Waals surface area contributed by atoms with Gasteiger partial charge in [0.05, 0.1) is 22.8 Å². The minimum absolute atomic E-state index is 0.116. The Kier molecular flexibility index (Phi) is 3.87. The molecular formula is C19H19FN4O. The van der Waals surface area contributed by atoms with Crippen LogP contribution in [0.15, 0.2) is 48.8 Å². The van der Waals surface area contributed by atoms with E-state index in [1.54, 1.807) is 17.0 Å². The number of likely N-dealkylation sites (tertiary alicyclic amines) is 1. The molecular weight excluding hydrogens is 319 g/mol. The number of amides is 1. The highest BCUT2D eigenvalue weighted by molar-refractivity contribution is 5.95. The number of nitrogens with one attached hydrogen (secondary N) is 1. The minimum atomic E-state index is -0.483. The van der Waals surface area contributed by atoms with Crippen molar-refractivity contribution in [2.75, 3.05) is 18.9 Å². The van der Waals surface area contributed by atoms with Crippen LogP contribution in [0.1, 0.15) is 34.9 Å². The van der Waals surface area contributed by atoms with Gasteiger partial charge in [-0.15, -0.1) is 0 Å². The van der Waals surface area contributed by atoms with Gasteiger partial charge in [-0.2, -0.15) is 0 Å². The molecule has 0 saturated carbocycles. The van der Waals surface area contributed by atoms with Crippen molar-refractivity contribution in [2.24, 2.45) is 0 Å². The third-order valence-corrected chi connectivity index (χ3v) is 4.73.